The monoisotopic (exact) mass is 577 g/mol. The Morgan fingerprint density at radius 2 is 1.84 bits per heavy atom. The number of aromatic nitrogens is 2. The summed E-state index contributed by atoms with van der Waals surface area (Å²) < 4.78 is 44.6. The normalized spacial score (nSPS) is 12.1. The molecule has 11 heteroatoms. The summed E-state index contributed by atoms with van der Waals surface area (Å²) in [5.74, 6) is -0.820. The first kappa shape index (κ1) is 24.4. The Labute approximate surface area is 200 Å². The molecular formula is C21H19F3IN3O3S. The molecule has 0 fully saturated rings. The van der Waals surface area contributed by atoms with Gasteiger partial charge in [0.2, 0.25) is 0 Å². The fourth-order valence-electron chi connectivity index (χ4n) is 2.71. The quantitative estimate of drug-likeness (QED) is 0.393. The summed E-state index contributed by atoms with van der Waals surface area (Å²) in [5, 5.41) is 6.90. The Bertz CT molecular complexity index is 1170. The third kappa shape index (κ3) is 6.15. The predicted octanol–water partition coefficient (Wildman–Crippen LogP) is 5.87. The van der Waals surface area contributed by atoms with Crippen molar-refractivity contribution in [3.8, 4) is 0 Å². The fourth-order valence-corrected chi connectivity index (χ4v) is 4.36. The van der Waals surface area contributed by atoms with Gasteiger partial charge in [0.15, 0.2) is 0 Å². The number of halogens is 4. The molecule has 0 spiro atoms. The van der Waals surface area contributed by atoms with Crippen LogP contribution in [0.25, 0.3) is 10.9 Å². The van der Waals surface area contributed by atoms with Crippen LogP contribution in [0, 0.1) is 3.70 Å². The molecule has 0 radical (unpaired) electrons. The van der Waals surface area contributed by atoms with Gasteiger partial charge in [0.05, 0.1) is 11.1 Å². The maximum absolute atomic E-state index is 12.6. The van der Waals surface area contributed by atoms with Gasteiger partial charge in [-0.2, -0.15) is 23.0 Å². The fraction of sp³-hybridized carbons (Fsp3) is 0.286. The van der Waals surface area contributed by atoms with E-state index in [0.717, 1.165) is 5.39 Å². The maximum Gasteiger partial charge on any atom is 0.435 e. The second-order valence-corrected chi connectivity index (χ2v) is 9.90. The molecule has 170 valence electrons. The van der Waals surface area contributed by atoms with Gasteiger partial charge >= 0.3 is 12.3 Å². The van der Waals surface area contributed by atoms with Gasteiger partial charge in [0.1, 0.15) is 15.8 Å². The van der Waals surface area contributed by atoms with Crippen LogP contribution in [0.3, 0.4) is 0 Å². The van der Waals surface area contributed by atoms with Crippen molar-refractivity contribution >= 4 is 57.3 Å². The van der Waals surface area contributed by atoms with Crippen molar-refractivity contribution in [2.24, 2.45) is 0 Å². The summed E-state index contributed by atoms with van der Waals surface area (Å²) >= 11 is 3.22. The number of fused-ring (bicyclic) bond motifs is 1. The van der Waals surface area contributed by atoms with Crippen LogP contribution >= 0.6 is 34.4 Å². The van der Waals surface area contributed by atoms with E-state index in [0.29, 0.717) is 19.0 Å². The van der Waals surface area contributed by atoms with Crippen molar-refractivity contribution < 1.29 is 27.5 Å². The van der Waals surface area contributed by atoms with Gasteiger partial charge in [-0.05, 0) is 73.7 Å². The summed E-state index contributed by atoms with van der Waals surface area (Å²) in [4.78, 5) is 26.0. The number of nitrogens with one attached hydrogen (secondary N) is 1. The molecule has 1 amide bonds. The molecule has 0 aliphatic carbocycles. The van der Waals surface area contributed by atoms with E-state index in [-0.39, 0.29) is 5.56 Å². The Balaban J connectivity index is 1.91. The molecule has 0 bridgehead atoms. The second kappa shape index (κ2) is 9.30. The molecular weight excluding hydrogens is 558 g/mol. The minimum absolute atomic E-state index is 0.122. The predicted molar refractivity (Wildman–Crippen MR) is 123 cm³/mol. The van der Waals surface area contributed by atoms with Crippen LogP contribution in [0.2, 0.25) is 0 Å². The number of ether oxygens (including phenoxy) is 1. The molecule has 0 aliphatic heterocycles. The summed E-state index contributed by atoms with van der Waals surface area (Å²) in [6, 6.07) is 11.7. The summed E-state index contributed by atoms with van der Waals surface area (Å²) in [6.45, 7) is 3.85. The lowest BCUT2D eigenvalue weighted by atomic mass is 10.2. The van der Waals surface area contributed by atoms with Crippen molar-refractivity contribution in [1.29, 1.82) is 0 Å². The largest absolute Gasteiger partial charge is 0.442 e. The number of amides is 1. The van der Waals surface area contributed by atoms with Crippen molar-refractivity contribution in [2.45, 2.75) is 42.3 Å². The summed E-state index contributed by atoms with van der Waals surface area (Å²) in [7, 11) is 0. The van der Waals surface area contributed by atoms with Crippen molar-refractivity contribution in [3.05, 3.63) is 51.7 Å². The van der Waals surface area contributed by atoms with Crippen LogP contribution in [0.15, 0.2) is 52.3 Å². The van der Waals surface area contributed by atoms with E-state index < -0.39 is 30.3 Å². The lowest BCUT2D eigenvalue weighted by Gasteiger charge is -2.19. The van der Waals surface area contributed by atoms with Crippen molar-refractivity contribution in [1.82, 2.24) is 15.1 Å². The molecule has 1 N–H and O–H groups in total. The maximum atomic E-state index is 12.6. The number of hydrogen-bond donors (Lipinski definition) is 1. The molecule has 0 saturated heterocycles. The molecule has 0 saturated carbocycles. The Morgan fingerprint density at radius 1 is 1.16 bits per heavy atom. The van der Waals surface area contributed by atoms with Gasteiger partial charge in [-0.25, -0.2) is 4.79 Å². The van der Waals surface area contributed by atoms with Gasteiger partial charge in [-0.15, -0.1) is 0 Å². The van der Waals surface area contributed by atoms with Crippen LogP contribution in [-0.4, -0.2) is 40.1 Å². The first-order valence-corrected chi connectivity index (χ1v) is 11.3. The SMILES string of the molecule is CC(C)(C)OC(=O)n1nc(I)c2ccc(Sc3ccccc3C(=O)NCC(F)(F)F)cc21. The molecule has 0 atom stereocenters. The van der Waals surface area contributed by atoms with Gasteiger partial charge in [0.25, 0.3) is 5.91 Å². The van der Waals surface area contributed by atoms with Crippen LogP contribution in [-0.2, 0) is 4.74 Å². The summed E-state index contributed by atoms with van der Waals surface area (Å²) in [6.07, 6.45) is -5.13. The number of benzene rings is 2. The van der Waals surface area contributed by atoms with E-state index in [1.165, 1.54) is 22.5 Å². The zero-order chi connectivity index (χ0) is 23.7. The first-order valence-electron chi connectivity index (χ1n) is 9.37. The van der Waals surface area contributed by atoms with E-state index in [1.54, 1.807) is 57.2 Å². The molecule has 0 aliphatic rings. The topological polar surface area (TPSA) is 73.2 Å². The summed E-state index contributed by atoms with van der Waals surface area (Å²) in [5.41, 5.74) is -0.0553. The molecule has 2 aromatic carbocycles. The Kier molecular flexibility index (Phi) is 7.08. The average molecular weight is 577 g/mol. The lowest BCUT2D eigenvalue weighted by molar-refractivity contribution is -0.123. The number of rotatable bonds is 4. The number of hydrogen-bond acceptors (Lipinski definition) is 5. The van der Waals surface area contributed by atoms with Crippen LogP contribution in [0.4, 0.5) is 18.0 Å². The number of carbonyl (C=O) groups excluding carboxylic acids is 2. The molecule has 6 nitrogen and oxygen atoms in total. The highest BCUT2D eigenvalue weighted by Gasteiger charge is 2.28. The average Bonchev–Trinajstić information content (AvgIpc) is 3.01. The van der Waals surface area contributed by atoms with E-state index >= 15 is 0 Å². The highest BCUT2D eigenvalue weighted by molar-refractivity contribution is 14.1. The number of carbonyl (C=O) groups is 2. The van der Waals surface area contributed by atoms with Gasteiger partial charge in [-0.1, -0.05) is 23.9 Å². The van der Waals surface area contributed by atoms with Gasteiger partial charge < -0.3 is 10.1 Å². The standard InChI is InChI=1S/C21H19F3IN3O3S/c1-20(2,3)31-19(30)28-15-10-12(8-9-13(15)17(25)27-28)32-16-7-5-4-6-14(16)18(29)26-11-21(22,23)24/h4-10H,11H2,1-3H3,(H,26,29). The molecule has 3 rings (SSSR count). The third-order valence-electron chi connectivity index (χ3n) is 3.98. The van der Waals surface area contributed by atoms with Crippen LogP contribution in [0.5, 0.6) is 0 Å². The highest BCUT2D eigenvalue weighted by Crippen LogP contribution is 2.33. The van der Waals surface area contributed by atoms with Gasteiger partial charge in [0, 0.05) is 15.2 Å². The zero-order valence-corrected chi connectivity index (χ0v) is 20.3. The smallest absolute Gasteiger partial charge is 0.435 e. The minimum atomic E-state index is -4.50. The lowest BCUT2D eigenvalue weighted by Crippen LogP contribution is -2.33. The third-order valence-corrected chi connectivity index (χ3v) is 5.85. The molecule has 1 heterocycles. The highest BCUT2D eigenvalue weighted by atomic mass is 127. The van der Waals surface area contributed by atoms with E-state index in [1.807, 2.05) is 27.9 Å². The Morgan fingerprint density at radius 3 is 2.50 bits per heavy atom. The molecule has 32 heavy (non-hydrogen) atoms. The van der Waals surface area contributed by atoms with E-state index in [4.69, 9.17) is 4.74 Å². The number of nitrogens with zero attached hydrogens (tertiary/aromatic N) is 2. The van der Waals surface area contributed by atoms with E-state index in [2.05, 4.69) is 5.10 Å². The molecule has 1 aromatic heterocycles. The zero-order valence-electron chi connectivity index (χ0n) is 17.3. The molecule has 0 unspecified atom stereocenters. The minimum Gasteiger partial charge on any atom is -0.442 e. The van der Waals surface area contributed by atoms with E-state index in [9.17, 15) is 22.8 Å². The molecule has 3 aromatic rings. The van der Waals surface area contributed by atoms with Crippen molar-refractivity contribution in [2.75, 3.05) is 6.54 Å². The number of alkyl halides is 3. The van der Waals surface area contributed by atoms with Crippen LogP contribution < -0.4 is 5.32 Å². The van der Waals surface area contributed by atoms with Crippen molar-refractivity contribution in [3.63, 3.8) is 0 Å². The second-order valence-electron chi connectivity index (χ2n) is 7.76. The van der Waals surface area contributed by atoms with Crippen LogP contribution in [0.1, 0.15) is 31.1 Å². The first-order chi connectivity index (χ1) is 14.8. The Hall–Kier alpha value is -2.28. The van der Waals surface area contributed by atoms with Gasteiger partial charge in [-0.3, -0.25) is 4.79 Å².